The van der Waals surface area contributed by atoms with Gasteiger partial charge < -0.3 is 5.73 Å². The topological polar surface area (TPSA) is 76.7 Å². The molecule has 0 aliphatic rings. The molecule has 2 aromatic rings. The van der Waals surface area contributed by atoms with Gasteiger partial charge in [-0.25, -0.2) is 9.89 Å². The Labute approximate surface area is 109 Å². The molecule has 2 rings (SSSR count). The van der Waals surface area contributed by atoms with Crippen LogP contribution in [0.1, 0.15) is 18.1 Å². The highest BCUT2D eigenvalue weighted by Gasteiger charge is 2.08. The zero-order chi connectivity index (χ0) is 13.1. The predicted molar refractivity (Wildman–Crippen MR) is 71.7 cm³/mol. The van der Waals surface area contributed by atoms with Crippen LogP contribution in [-0.4, -0.2) is 14.8 Å². The Morgan fingerprint density at radius 1 is 1.50 bits per heavy atom. The van der Waals surface area contributed by atoms with Gasteiger partial charge in [-0.1, -0.05) is 6.07 Å². The maximum atomic E-state index is 11.4. The monoisotopic (exact) mass is 264 g/mol. The summed E-state index contributed by atoms with van der Waals surface area (Å²) in [7, 11) is 0. The summed E-state index contributed by atoms with van der Waals surface area (Å²) in [5, 5.41) is 7.16. The van der Waals surface area contributed by atoms with Crippen molar-refractivity contribution in [3.8, 4) is 0 Å². The number of aryl methyl sites for hydroxylation is 1. The third-order valence-electron chi connectivity index (χ3n) is 2.78. The molecule has 0 aliphatic carbocycles. The number of benzene rings is 1. The zero-order valence-corrected chi connectivity index (χ0v) is 11.3. The van der Waals surface area contributed by atoms with E-state index >= 15 is 0 Å². The van der Waals surface area contributed by atoms with Crippen LogP contribution < -0.4 is 11.4 Å². The number of hydrogen-bond donors (Lipinski definition) is 2. The molecule has 0 spiro atoms. The van der Waals surface area contributed by atoms with E-state index in [2.05, 4.69) is 16.3 Å². The van der Waals surface area contributed by atoms with Gasteiger partial charge in [-0.15, -0.1) is 5.10 Å². The molecule has 0 radical (unpaired) electrons. The smallest absolute Gasteiger partial charge is 0.326 e. The second kappa shape index (κ2) is 5.41. The summed E-state index contributed by atoms with van der Waals surface area (Å²) in [6, 6.07) is 6.07. The van der Waals surface area contributed by atoms with Crippen molar-refractivity contribution in [2.75, 3.05) is 0 Å². The number of H-pyrrole nitrogens is 1. The summed E-state index contributed by atoms with van der Waals surface area (Å²) < 4.78 is 1.61. The van der Waals surface area contributed by atoms with Crippen LogP contribution in [-0.2, 0) is 13.1 Å². The van der Waals surface area contributed by atoms with Gasteiger partial charge in [-0.3, -0.25) is 4.57 Å². The van der Waals surface area contributed by atoms with Crippen LogP contribution in [0.2, 0.25) is 0 Å². The lowest BCUT2D eigenvalue weighted by atomic mass is 10.1. The SMILES string of the molecule is CCn1c(Sc2ccc(CN)c(C)c2)n[nH]c1=O. The number of aromatic nitrogens is 3. The maximum absolute atomic E-state index is 11.4. The van der Waals surface area contributed by atoms with E-state index in [4.69, 9.17) is 5.73 Å². The quantitative estimate of drug-likeness (QED) is 0.877. The van der Waals surface area contributed by atoms with Crippen molar-refractivity contribution in [2.24, 2.45) is 5.73 Å². The molecule has 0 aliphatic heterocycles. The number of nitrogens with two attached hydrogens (primary N) is 1. The van der Waals surface area contributed by atoms with Crippen LogP contribution >= 0.6 is 11.8 Å². The third kappa shape index (κ3) is 2.49. The van der Waals surface area contributed by atoms with Gasteiger partial charge in [0.2, 0.25) is 0 Å². The molecule has 1 aromatic carbocycles. The Morgan fingerprint density at radius 2 is 2.28 bits per heavy atom. The summed E-state index contributed by atoms with van der Waals surface area (Å²) in [5.41, 5.74) is 7.75. The van der Waals surface area contributed by atoms with Crippen LogP contribution in [0, 0.1) is 6.92 Å². The lowest BCUT2D eigenvalue weighted by molar-refractivity contribution is 0.660. The number of hydrogen-bond acceptors (Lipinski definition) is 4. The highest BCUT2D eigenvalue weighted by molar-refractivity contribution is 7.99. The molecular weight excluding hydrogens is 248 g/mol. The Hall–Kier alpha value is -1.53. The fourth-order valence-electron chi connectivity index (χ4n) is 1.73. The third-order valence-corrected chi connectivity index (χ3v) is 3.77. The zero-order valence-electron chi connectivity index (χ0n) is 10.4. The first-order valence-electron chi connectivity index (χ1n) is 5.78. The van der Waals surface area contributed by atoms with E-state index in [9.17, 15) is 4.79 Å². The lowest BCUT2D eigenvalue weighted by Crippen LogP contribution is -2.15. The second-order valence-electron chi connectivity index (χ2n) is 3.95. The van der Waals surface area contributed by atoms with Crippen molar-refractivity contribution in [1.82, 2.24) is 14.8 Å². The molecule has 0 saturated heterocycles. The van der Waals surface area contributed by atoms with E-state index < -0.39 is 0 Å². The maximum Gasteiger partial charge on any atom is 0.343 e. The van der Waals surface area contributed by atoms with E-state index in [0.29, 0.717) is 18.2 Å². The summed E-state index contributed by atoms with van der Waals surface area (Å²) in [4.78, 5) is 12.5. The summed E-state index contributed by atoms with van der Waals surface area (Å²) in [6.07, 6.45) is 0. The minimum atomic E-state index is -0.171. The number of aromatic amines is 1. The van der Waals surface area contributed by atoms with Gasteiger partial charge in [-0.05, 0) is 48.9 Å². The van der Waals surface area contributed by atoms with Gasteiger partial charge in [-0.2, -0.15) is 0 Å². The van der Waals surface area contributed by atoms with Crippen molar-refractivity contribution >= 4 is 11.8 Å². The van der Waals surface area contributed by atoms with Gasteiger partial charge in [0, 0.05) is 18.0 Å². The highest BCUT2D eigenvalue weighted by Crippen LogP contribution is 2.26. The Balaban J connectivity index is 2.28. The first kappa shape index (κ1) is 12.9. The molecule has 1 heterocycles. The Bertz CT molecular complexity index is 602. The minimum Gasteiger partial charge on any atom is -0.326 e. The molecule has 0 unspecified atom stereocenters. The Kier molecular flexibility index (Phi) is 3.88. The van der Waals surface area contributed by atoms with E-state index in [-0.39, 0.29) is 5.69 Å². The standard InChI is InChI=1S/C12H16N4OS/c1-3-16-11(17)14-15-12(16)18-10-5-4-9(7-13)8(2)6-10/h4-6H,3,7,13H2,1-2H3,(H,14,17). The van der Waals surface area contributed by atoms with Crippen molar-refractivity contribution in [3.05, 3.63) is 39.8 Å². The average molecular weight is 264 g/mol. The predicted octanol–water partition coefficient (Wildman–Crippen LogP) is 1.51. The molecule has 0 saturated carbocycles. The van der Waals surface area contributed by atoms with Gasteiger partial charge in [0.15, 0.2) is 5.16 Å². The number of rotatable bonds is 4. The van der Waals surface area contributed by atoms with Crippen molar-refractivity contribution in [3.63, 3.8) is 0 Å². The van der Waals surface area contributed by atoms with Gasteiger partial charge in [0.1, 0.15) is 0 Å². The molecule has 1 aromatic heterocycles. The molecule has 0 bridgehead atoms. The van der Waals surface area contributed by atoms with Crippen LogP contribution in [0.3, 0.4) is 0 Å². The fraction of sp³-hybridized carbons (Fsp3) is 0.333. The summed E-state index contributed by atoms with van der Waals surface area (Å²) >= 11 is 1.47. The second-order valence-corrected chi connectivity index (χ2v) is 4.99. The molecule has 96 valence electrons. The molecule has 3 N–H and O–H groups in total. The van der Waals surface area contributed by atoms with Crippen molar-refractivity contribution in [2.45, 2.75) is 37.0 Å². The number of nitrogens with zero attached hydrogens (tertiary/aromatic N) is 2. The van der Waals surface area contributed by atoms with Crippen LogP contribution in [0.15, 0.2) is 33.0 Å². The van der Waals surface area contributed by atoms with E-state index in [1.807, 2.05) is 26.0 Å². The molecule has 0 fully saturated rings. The fourth-order valence-corrected chi connectivity index (χ4v) is 2.72. The molecule has 5 nitrogen and oxygen atoms in total. The van der Waals surface area contributed by atoms with Crippen LogP contribution in [0.25, 0.3) is 0 Å². The minimum absolute atomic E-state index is 0.171. The first-order valence-corrected chi connectivity index (χ1v) is 6.60. The molecule has 0 amide bonds. The highest BCUT2D eigenvalue weighted by atomic mass is 32.2. The van der Waals surface area contributed by atoms with Gasteiger partial charge >= 0.3 is 5.69 Å². The van der Waals surface area contributed by atoms with Crippen LogP contribution in [0.4, 0.5) is 0 Å². The largest absolute Gasteiger partial charge is 0.343 e. The van der Waals surface area contributed by atoms with E-state index in [0.717, 1.165) is 16.0 Å². The molecular formula is C12H16N4OS. The number of nitrogens with one attached hydrogen (secondary N) is 1. The van der Waals surface area contributed by atoms with Gasteiger partial charge in [0.25, 0.3) is 0 Å². The average Bonchev–Trinajstić information content (AvgIpc) is 2.70. The lowest BCUT2D eigenvalue weighted by Gasteiger charge is -2.06. The first-order chi connectivity index (χ1) is 8.65. The normalized spacial score (nSPS) is 10.8. The van der Waals surface area contributed by atoms with Gasteiger partial charge in [0.05, 0.1) is 0 Å². The molecule has 0 atom stereocenters. The van der Waals surface area contributed by atoms with Crippen molar-refractivity contribution < 1.29 is 0 Å². The van der Waals surface area contributed by atoms with E-state index in [1.54, 1.807) is 4.57 Å². The van der Waals surface area contributed by atoms with Crippen LogP contribution in [0.5, 0.6) is 0 Å². The van der Waals surface area contributed by atoms with Crippen molar-refractivity contribution in [1.29, 1.82) is 0 Å². The Morgan fingerprint density at radius 3 is 2.89 bits per heavy atom. The molecule has 18 heavy (non-hydrogen) atoms. The molecule has 6 heteroatoms. The van der Waals surface area contributed by atoms with E-state index in [1.165, 1.54) is 11.8 Å². The summed E-state index contributed by atoms with van der Waals surface area (Å²) in [5.74, 6) is 0. The summed E-state index contributed by atoms with van der Waals surface area (Å²) in [6.45, 7) is 5.10.